The third-order valence-electron chi connectivity index (χ3n) is 2.85. The summed E-state index contributed by atoms with van der Waals surface area (Å²) in [5, 5.41) is 10.4. The van der Waals surface area contributed by atoms with Crippen LogP contribution in [0.1, 0.15) is 24.9 Å². The Balaban J connectivity index is 1.83. The Bertz CT molecular complexity index is 520. The molecule has 6 nitrogen and oxygen atoms in total. The summed E-state index contributed by atoms with van der Waals surface area (Å²) in [6, 6.07) is 7.44. The van der Waals surface area contributed by atoms with Crippen LogP contribution in [0.4, 0.5) is 5.69 Å². The van der Waals surface area contributed by atoms with Crippen molar-refractivity contribution in [3.8, 4) is 0 Å². The summed E-state index contributed by atoms with van der Waals surface area (Å²) < 4.78 is 1.63. The maximum Gasteiger partial charge on any atom is 0.222 e. The SMILES string of the molecule is CC(NC(=O)CCn1ccnn1)c1ccc(N)cc1. The molecule has 1 aromatic heterocycles. The molecule has 1 atom stereocenters. The minimum atomic E-state index is -0.0381. The standard InChI is InChI=1S/C13H17N5O/c1-10(11-2-4-12(14)5-3-11)16-13(19)6-8-18-9-7-15-17-18/h2-5,7,9-10H,6,8,14H2,1H3,(H,16,19). The van der Waals surface area contributed by atoms with E-state index in [9.17, 15) is 4.79 Å². The molecule has 0 fully saturated rings. The first-order valence-electron chi connectivity index (χ1n) is 6.14. The Labute approximate surface area is 111 Å². The number of nitrogens with zero attached hydrogens (tertiary/aromatic N) is 3. The number of carbonyl (C=O) groups excluding carboxylic acids is 1. The molecule has 0 bridgehead atoms. The van der Waals surface area contributed by atoms with Crippen molar-refractivity contribution in [2.75, 3.05) is 5.73 Å². The van der Waals surface area contributed by atoms with Gasteiger partial charge in [0.15, 0.2) is 0 Å². The predicted octanol–water partition coefficient (Wildman–Crippen LogP) is 1.13. The average molecular weight is 259 g/mol. The van der Waals surface area contributed by atoms with Gasteiger partial charge in [0.25, 0.3) is 0 Å². The highest BCUT2D eigenvalue weighted by Gasteiger charge is 2.09. The van der Waals surface area contributed by atoms with Gasteiger partial charge in [-0.05, 0) is 24.6 Å². The van der Waals surface area contributed by atoms with Crippen molar-refractivity contribution < 1.29 is 4.79 Å². The molecule has 1 aromatic carbocycles. The smallest absolute Gasteiger partial charge is 0.222 e. The van der Waals surface area contributed by atoms with E-state index < -0.39 is 0 Å². The molecule has 1 amide bonds. The number of aromatic nitrogens is 3. The van der Waals surface area contributed by atoms with Crippen LogP contribution in [0.15, 0.2) is 36.7 Å². The van der Waals surface area contributed by atoms with Crippen molar-refractivity contribution in [1.82, 2.24) is 20.3 Å². The lowest BCUT2D eigenvalue weighted by atomic mass is 10.1. The van der Waals surface area contributed by atoms with Gasteiger partial charge in [-0.3, -0.25) is 9.48 Å². The molecule has 0 aliphatic heterocycles. The third kappa shape index (κ3) is 3.80. The number of rotatable bonds is 5. The van der Waals surface area contributed by atoms with Crippen molar-refractivity contribution in [1.29, 1.82) is 0 Å². The summed E-state index contributed by atoms with van der Waals surface area (Å²) in [4.78, 5) is 11.8. The van der Waals surface area contributed by atoms with Gasteiger partial charge in [0.2, 0.25) is 5.91 Å². The van der Waals surface area contributed by atoms with Crippen LogP contribution in [-0.4, -0.2) is 20.9 Å². The van der Waals surface area contributed by atoms with E-state index in [0.717, 1.165) is 5.56 Å². The van der Waals surface area contributed by atoms with Crippen molar-refractivity contribution in [3.05, 3.63) is 42.2 Å². The topological polar surface area (TPSA) is 85.8 Å². The van der Waals surface area contributed by atoms with Crippen LogP contribution < -0.4 is 11.1 Å². The van der Waals surface area contributed by atoms with E-state index in [2.05, 4.69) is 15.6 Å². The molecular formula is C13H17N5O. The Morgan fingerprint density at radius 3 is 2.79 bits per heavy atom. The first kappa shape index (κ1) is 13.1. The van der Waals surface area contributed by atoms with Gasteiger partial charge in [0.05, 0.1) is 18.8 Å². The minimum absolute atomic E-state index is 0.0141. The summed E-state index contributed by atoms with van der Waals surface area (Å²) in [5.41, 5.74) is 7.37. The van der Waals surface area contributed by atoms with Gasteiger partial charge >= 0.3 is 0 Å². The number of aryl methyl sites for hydroxylation is 1. The Morgan fingerprint density at radius 1 is 1.42 bits per heavy atom. The molecular weight excluding hydrogens is 242 g/mol. The minimum Gasteiger partial charge on any atom is -0.399 e. The molecule has 2 rings (SSSR count). The van der Waals surface area contributed by atoms with E-state index in [1.165, 1.54) is 0 Å². The molecule has 0 radical (unpaired) electrons. The highest BCUT2D eigenvalue weighted by molar-refractivity contribution is 5.76. The van der Waals surface area contributed by atoms with Crippen LogP contribution in [-0.2, 0) is 11.3 Å². The van der Waals surface area contributed by atoms with Gasteiger partial charge in [-0.1, -0.05) is 17.3 Å². The highest BCUT2D eigenvalue weighted by Crippen LogP contribution is 2.14. The predicted molar refractivity (Wildman–Crippen MR) is 72.1 cm³/mol. The fraction of sp³-hybridized carbons (Fsp3) is 0.308. The number of hydrogen-bond acceptors (Lipinski definition) is 4. The van der Waals surface area contributed by atoms with Gasteiger partial charge in [-0.15, -0.1) is 5.10 Å². The Kier molecular flexibility index (Phi) is 4.12. The molecule has 0 spiro atoms. The second-order valence-corrected chi connectivity index (χ2v) is 4.37. The van der Waals surface area contributed by atoms with Crippen molar-refractivity contribution >= 4 is 11.6 Å². The number of nitrogens with two attached hydrogens (primary N) is 1. The van der Waals surface area contributed by atoms with E-state index >= 15 is 0 Å². The zero-order valence-electron chi connectivity index (χ0n) is 10.8. The van der Waals surface area contributed by atoms with Gasteiger partial charge in [0, 0.05) is 18.3 Å². The Hall–Kier alpha value is -2.37. The van der Waals surface area contributed by atoms with E-state index in [4.69, 9.17) is 5.73 Å². The van der Waals surface area contributed by atoms with Gasteiger partial charge in [-0.25, -0.2) is 0 Å². The number of hydrogen-bond donors (Lipinski definition) is 2. The van der Waals surface area contributed by atoms with Crippen molar-refractivity contribution in [2.45, 2.75) is 25.9 Å². The van der Waals surface area contributed by atoms with Crippen molar-refractivity contribution in [3.63, 3.8) is 0 Å². The molecule has 2 aromatic rings. The fourth-order valence-electron chi connectivity index (χ4n) is 1.75. The summed E-state index contributed by atoms with van der Waals surface area (Å²) >= 11 is 0. The molecule has 0 aliphatic carbocycles. The second kappa shape index (κ2) is 5.99. The quantitative estimate of drug-likeness (QED) is 0.788. The van der Waals surface area contributed by atoms with Crippen LogP contribution in [0.25, 0.3) is 0 Å². The molecule has 0 saturated carbocycles. The summed E-state index contributed by atoms with van der Waals surface area (Å²) in [6.45, 7) is 2.47. The summed E-state index contributed by atoms with van der Waals surface area (Å²) in [7, 11) is 0. The van der Waals surface area contributed by atoms with Crippen molar-refractivity contribution in [2.24, 2.45) is 0 Å². The van der Waals surface area contributed by atoms with Gasteiger partial charge < -0.3 is 11.1 Å². The summed E-state index contributed by atoms with van der Waals surface area (Å²) in [6.07, 6.45) is 3.70. The number of nitrogen functional groups attached to an aromatic ring is 1. The fourth-order valence-corrected chi connectivity index (χ4v) is 1.75. The van der Waals surface area contributed by atoms with Gasteiger partial charge in [-0.2, -0.15) is 0 Å². The first-order valence-corrected chi connectivity index (χ1v) is 6.14. The molecule has 1 unspecified atom stereocenters. The molecule has 3 N–H and O–H groups in total. The normalized spacial score (nSPS) is 12.1. The molecule has 0 aliphatic rings. The summed E-state index contributed by atoms with van der Waals surface area (Å²) in [5.74, 6) is -0.0141. The second-order valence-electron chi connectivity index (χ2n) is 4.37. The van der Waals surface area contributed by atoms with Crippen LogP contribution >= 0.6 is 0 Å². The lowest BCUT2D eigenvalue weighted by molar-refractivity contribution is -0.122. The largest absolute Gasteiger partial charge is 0.399 e. The maximum atomic E-state index is 11.8. The van der Waals surface area contributed by atoms with Crippen LogP contribution in [0.5, 0.6) is 0 Å². The number of benzene rings is 1. The van der Waals surface area contributed by atoms with Crippen LogP contribution in [0, 0.1) is 0 Å². The van der Waals surface area contributed by atoms with Crippen LogP contribution in [0.3, 0.4) is 0 Å². The number of nitrogens with one attached hydrogen (secondary N) is 1. The van der Waals surface area contributed by atoms with E-state index in [1.54, 1.807) is 17.1 Å². The monoisotopic (exact) mass is 259 g/mol. The van der Waals surface area contributed by atoms with Gasteiger partial charge in [0.1, 0.15) is 0 Å². The first-order chi connectivity index (χ1) is 9.15. The van der Waals surface area contributed by atoms with E-state index in [1.807, 2.05) is 31.2 Å². The average Bonchev–Trinajstić information content (AvgIpc) is 2.90. The lowest BCUT2D eigenvalue weighted by Gasteiger charge is -2.14. The maximum absolute atomic E-state index is 11.8. The van der Waals surface area contributed by atoms with E-state index in [-0.39, 0.29) is 11.9 Å². The molecule has 19 heavy (non-hydrogen) atoms. The number of amides is 1. The number of carbonyl (C=O) groups is 1. The Morgan fingerprint density at radius 2 is 2.16 bits per heavy atom. The zero-order chi connectivity index (χ0) is 13.7. The molecule has 0 saturated heterocycles. The zero-order valence-corrected chi connectivity index (χ0v) is 10.8. The highest BCUT2D eigenvalue weighted by atomic mass is 16.1. The third-order valence-corrected chi connectivity index (χ3v) is 2.85. The van der Waals surface area contributed by atoms with E-state index in [0.29, 0.717) is 18.7 Å². The molecule has 100 valence electrons. The van der Waals surface area contributed by atoms with Crippen LogP contribution in [0.2, 0.25) is 0 Å². The number of anilines is 1. The lowest BCUT2D eigenvalue weighted by Crippen LogP contribution is -2.27. The molecule has 6 heteroatoms. The molecule has 1 heterocycles.